The minimum Gasteiger partial charge on any atom is -0.373 e. The zero-order chi connectivity index (χ0) is 15.8. The van der Waals surface area contributed by atoms with Gasteiger partial charge in [-0.25, -0.2) is 0 Å². The summed E-state index contributed by atoms with van der Waals surface area (Å²) >= 11 is 0. The van der Waals surface area contributed by atoms with Gasteiger partial charge in [-0.2, -0.15) is 0 Å². The number of hydrogen-bond acceptors (Lipinski definition) is 3. The van der Waals surface area contributed by atoms with Crippen LogP contribution in [0, 0.1) is 0 Å². The molecule has 3 heteroatoms. The smallest absolute Gasteiger partial charge is 0.190 e. The van der Waals surface area contributed by atoms with E-state index in [1.807, 2.05) is 60.7 Å². The van der Waals surface area contributed by atoms with E-state index in [4.69, 9.17) is 9.47 Å². The highest BCUT2D eigenvalue weighted by molar-refractivity contribution is 5.88. The van der Waals surface area contributed by atoms with Crippen LogP contribution in [0.1, 0.15) is 11.1 Å². The molecule has 0 amide bonds. The van der Waals surface area contributed by atoms with Crippen molar-refractivity contribution in [2.45, 2.75) is 25.0 Å². The minimum atomic E-state index is -0.490. The molecule has 0 heterocycles. The van der Waals surface area contributed by atoms with E-state index in [0.717, 1.165) is 11.1 Å². The topological polar surface area (TPSA) is 35.5 Å². The first-order valence-corrected chi connectivity index (χ1v) is 7.41. The molecular formula is C19H22O3. The third kappa shape index (κ3) is 4.52. The first-order chi connectivity index (χ1) is 10.7. The Hall–Kier alpha value is -1.97. The van der Waals surface area contributed by atoms with Crippen LogP contribution in [0.15, 0.2) is 60.7 Å². The van der Waals surface area contributed by atoms with E-state index < -0.39 is 12.2 Å². The Morgan fingerprint density at radius 3 is 1.45 bits per heavy atom. The van der Waals surface area contributed by atoms with E-state index in [2.05, 4.69) is 0 Å². The van der Waals surface area contributed by atoms with Gasteiger partial charge in [0.1, 0.15) is 12.2 Å². The van der Waals surface area contributed by atoms with Crippen molar-refractivity contribution in [3.63, 3.8) is 0 Å². The molecule has 2 rings (SSSR count). The lowest BCUT2D eigenvalue weighted by molar-refractivity contribution is -0.139. The number of carbonyl (C=O) groups is 1. The molecule has 2 aromatic carbocycles. The fourth-order valence-electron chi connectivity index (χ4n) is 2.46. The molecule has 0 saturated heterocycles. The first-order valence-electron chi connectivity index (χ1n) is 7.41. The standard InChI is InChI=1S/C19H22O3/c1-21-17(13-15-9-5-3-6-10-15)19(20)18(22-2)14-16-11-7-4-8-12-16/h3-12,17-18H,13-14H2,1-2H3. The molecule has 0 aliphatic rings. The zero-order valence-corrected chi connectivity index (χ0v) is 13.1. The number of Topliss-reactive ketones (excluding diaryl/α,β-unsaturated/α-hetero) is 1. The van der Waals surface area contributed by atoms with Gasteiger partial charge < -0.3 is 9.47 Å². The van der Waals surface area contributed by atoms with E-state index >= 15 is 0 Å². The van der Waals surface area contributed by atoms with Crippen LogP contribution in [-0.2, 0) is 27.1 Å². The van der Waals surface area contributed by atoms with Crippen LogP contribution in [-0.4, -0.2) is 32.2 Å². The van der Waals surface area contributed by atoms with Crippen molar-refractivity contribution >= 4 is 5.78 Å². The Morgan fingerprint density at radius 1 is 0.773 bits per heavy atom. The predicted octanol–water partition coefficient (Wildman–Crippen LogP) is 3.07. The van der Waals surface area contributed by atoms with Crippen LogP contribution < -0.4 is 0 Å². The Morgan fingerprint density at radius 2 is 1.14 bits per heavy atom. The predicted molar refractivity (Wildman–Crippen MR) is 86.9 cm³/mol. The van der Waals surface area contributed by atoms with Gasteiger partial charge in [-0.05, 0) is 11.1 Å². The van der Waals surface area contributed by atoms with Crippen molar-refractivity contribution in [3.8, 4) is 0 Å². The largest absolute Gasteiger partial charge is 0.373 e. The molecule has 0 aromatic heterocycles. The number of rotatable bonds is 8. The van der Waals surface area contributed by atoms with Gasteiger partial charge in [-0.1, -0.05) is 60.7 Å². The second-order valence-corrected chi connectivity index (χ2v) is 5.23. The van der Waals surface area contributed by atoms with Crippen molar-refractivity contribution < 1.29 is 14.3 Å². The van der Waals surface area contributed by atoms with E-state index in [1.54, 1.807) is 14.2 Å². The molecular weight excluding hydrogens is 276 g/mol. The summed E-state index contributed by atoms with van der Waals surface area (Å²) < 4.78 is 10.8. The average molecular weight is 298 g/mol. The van der Waals surface area contributed by atoms with Crippen molar-refractivity contribution in [1.29, 1.82) is 0 Å². The molecule has 0 fully saturated rings. The highest BCUT2D eigenvalue weighted by Crippen LogP contribution is 2.13. The summed E-state index contributed by atoms with van der Waals surface area (Å²) in [5.74, 6) is -0.0160. The number of carbonyl (C=O) groups excluding carboxylic acids is 1. The normalized spacial score (nSPS) is 13.5. The molecule has 2 unspecified atom stereocenters. The van der Waals surface area contributed by atoms with Gasteiger partial charge in [-0.15, -0.1) is 0 Å². The number of methoxy groups -OCH3 is 2. The van der Waals surface area contributed by atoms with Crippen molar-refractivity contribution in [2.24, 2.45) is 0 Å². The lowest BCUT2D eigenvalue weighted by Gasteiger charge is -2.21. The van der Waals surface area contributed by atoms with Gasteiger partial charge in [-0.3, -0.25) is 4.79 Å². The Kier molecular flexibility index (Phi) is 6.31. The summed E-state index contributed by atoms with van der Waals surface area (Å²) in [5, 5.41) is 0. The number of ketones is 1. The Labute approximate surface area is 131 Å². The maximum atomic E-state index is 12.7. The lowest BCUT2D eigenvalue weighted by Crippen LogP contribution is -2.37. The number of ether oxygens (including phenoxy) is 2. The summed E-state index contributed by atoms with van der Waals surface area (Å²) in [6.45, 7) is 0. The van der Waals surface area contributed by atoms with E-state index in [-0.39, 0.29) is 5.78 Å². The van der Waals surface area contributed by atoms with Gasteiger partial charge in [0.25, 0.3) is 0 Å². The van der Waals surface area contributed by atoms with Crippen LogP contribution in [0.25, 0.3) is 0 Å². The minimum absolute atomic E-state index is 0.0160. The molecule has 0 aliphatic carbocycles. The summed E-state index contributed by atoms with van der Waals surface area (Å²) in [6.07, 6.45) is 0.141. The first kappa shape index (κ1) is 16.4. The molecule has 116 valence electrons. The van der Waals surface area contributed by atoms with Crippen molar-refractivity contribution in [2.75, 3.05) is 14.2 Å². The van der Waals surface area contributed by atoms with Crippen molar-refractivity contribution in [3.05, 3.63) is 71.8 Å². The molecule has 0 bridgehead atoms. The molecule has 2 atom stereocenters. The molecule has 0 aliphatic heterocycles. The summed E-state index contributed by atoms with van der Waals surface area (Å²) in [4.78, 5) is 12.7. The molecule has 0 saturated carbocycles. The highest BCUT2D eigenvalue weighted by atomic mass is 16.5. The van der Waals surface area contributed by atoms with Gasteiger partial charge in [0.2, 0.25) is 0 Å². The Balaban J connectivity index is 2.05. The van der Waals surface area contributed by atoms with Crippen molar-refractivity contribution in [1.82, 2.24) is 0 Å². The molecule has 22 heavy (non-hydrogen) atoms. The molecule has 0 radical (unpaired) electrons. The van der Waals surface area contributed by atoms with Gasteiger partial charge in [0.15, 0.2) is 5.78 Å². The zero-order valence-electron chi connectivity index (χ0n) is 13.1. The van der Waals surface area contributed by atoms with Crippen LogP contribution in [0.3, 0.4) is 0 Å². The highest BCUT2D eigenvalue weighted by Gasteiger charge is 2.27. The summed E-state index contributed by atoms with van der Waals surface area (Å²) in [6, 6.07) is 19.8. The molecule has 0 spiro atoms. The fraction of sp³-hybridized carbons (Fsp3) is 0.316. The summed E-state index contributed by atoms with van der Waals surface area (Å²) in [5.41, 5.74) is 2.16. The average Bonchev–Trinajstić information content (AvgIpc) is 2.59. The van der Waals surface area contributed by atoms with Crippen LogP contribution in [0.2, 0.25) is 0 Å². The van der Waals surface area contributed by atoms with Crippen LogP contribution in [0.5, 0.6) is 0 Å². The van der Waals surface area contributed by atoms with Gasteiger partial charge in [0, 0.05) is 27.1 Å². The second kappa shape index (κ2) is 8.47. The molecule has 0 N–H and O–H groups in total. The van der Waals surface area contributed by atoms with Gasteiger partial charge >= 0.3 is 0 Å². The Bertz CT molecular complexity index is 514. The third-order valence-electron chi connectivity index (χ3n) is 3.73. The second-order valence-electron chi connectivity index (χ2n) is 5.23. The number of hydrogen-bond donors (Lipinski definition) is 0. The maximum Gasteiger partial charge on any atom is 0.190 e. The molecule has 3 nitrogen and oxygen atoms in total. The molecule has 2 aromatic rings. The van der Waals surface area contributed by atoms with Crippen LogP contribution >= 0.6 is 0 Å². The third-order valence-corrected chi connectivity index (χ3v) is 3.73. The van der Waals surface area contributed by atoms with E-state index in [9.17, 15) is 4.79 Å². The van der Waals surface area contributed by atoms with Crippen LogP contribution in [0.4, 0.5) is 0 Å². The number of benzene rings is 2. The quantitative estimate of drug-likeness (QED) is 0.751. The van der Waals surface area contributed by atoms with E-state index in [1.165, 1.54) is 0 Å². The maximum absolute atomic E-state index is 12.7. The monoisotopic (exact) mass is 298 g/mol. The van der Waals surface area contributed by atoms with E-state index in [0.29, 0.717) is 12.8 Å². The summed E-state index contributed by atoms with van der Waals surface area (Å²) in [7, 11) is 3.14. The van der Waals surface area contributed by atoms with Gasteiger partial charge in [0.05, 0.1) is 0 Å². The lowest BCUT2D eigenvalue weighted by atomic mass is 9.97. The fourth-order valence-corrected chi connectivity index (χ4v) is 2.46. The SMILES string of the molecule is COC(Cc1ccccc1)C(=O)C(Cc1ccccc1)OC.